The number of thioether (sulfide) groups is 1. The van der Waals surface area contributed by atoms with E-state index < -0.39 is 10.0 Å². The van der Waals surface area contributed by atoms with Gasteiger partial charge in [-0.1, -0.05) is 30.0 Å². The van der Waals surface area contributed by atoms with E-state index >= 15 is 0 Å². The zero-order valence-corrected chi connectivity index (χ0v) is 20.5. The first-order valence-electron chi connectivity index (χ1n) is 10.7. The molecule has 0 unspecified atom stereocenters. The van der Waals surface area contributed by atoms with Crippen LogP contribution < -0.4 is 5.32 Å². The molecule has 1 amide bonds. The predicted molar refractivity (Wildman–Crippen MR) is 127 cm³/mol. The molecule has 33 heavy (non-hydrogen) atoms. The third-order valence-electron chi connectivity index (χ3n) is 5.68. The minimum atomic E-state index is -3.61. The Hall–Kier alpha value is -2.40. The second-order valence-electron chi connectivity index (χ2n) is 8.05. The molecule has 0 aliphatic carbocycles. The lowest BCUT2D eigenvalue weighted by Gasteiger charge is -2.25. The van der Waals surface area contributed by atoms with E-state index in [1.165, 1.54) is 39.3 Å². The number of morpholine rings is 1. The number of carbonyl (C=O) groups excluding carboxylic acids is 1. The van der Waals surface area contributed by atoms with Gasteiger partial charge >= 0.3 is 0 Å². The molecule has 0 bridgehead atoms. The van der Waals surface area contributed by atoms with Gasteiger partial charge in [-0.2, -0.15) is 4.31 Å². The van der Waals surface area contributed by atoms with E-state index in [4.69, 9.17) is 9.15 Å². The molecule has 2 heterocycles. The lowest BCUT2D eigenvalue weighted by atomic mass is 10.0. The Morgan fingerprint density at radius 1 is 1.15 bits per heavy atom. The third-order valence-corrected chi connectivity index (χ3v) is 8.41. The average molecular weight is 490 g/mol. The van der Waals surface area contributed by atoms with E-state index in [1.54, 1.807) is 6.07 Å². The minimum absolute atomic E-state index is 0.117. The first kappa shape index (κ1) is 23.7. The Bertz CT molecular complexity index is 1270. The molecule has 10 heteroatoms. The summed E-state index contributed by atoms with van der Waals surface area (Å²) in [6.07, 6.45) is 0. The van der Waals surface area contributed by atoms with Crippen LogP contribution in [0.3, 0.4) is 0 Å². The van der Waals surface area contributed by atoms with Crippen LogP contribution in [0.1, 0.15) is 29.7 Å². The SMILES string of the molecule is Cc1ccc([C@@H](C)NC(=O)CSc2nc3cc(S(=O)(=O)N4CCOCC4)ccc3o2)cc1C. The molecule has 1 N–H and O–H groups in total. The number of benzene rings is 2. The van der Waals surface area contributed by atoms with Crippen molar-refractivity contribution in [2.45, 2.75) is 36.9 Å². The molecule has 3 aromatic rings. The van der Waals surface area contributed by atoms with Crippen LogP contribution in [0.5, 0.6) is 0 Å². The number of aromatic nitrogens is 1. The van der Waals surface area contributed by atoms with Crippen molar-refractivity contribution in [1.29, 1.82) is 0 Å². The highest BCUT2D eigenvalue weighted by Crippen LogP contribution is 2.27. The van der Waals surface area contributed by atoms with Gasteiger partial charge < -0.3 is 14.5 Å². The van der Waals surface area contributed by atoms with Crippen molar-refractivity contribution in [3.63, 3.8) is 0 Å². The number of oxazole rings is 1. The predicted octanol–water partition coefficient (Wildman–Crippen LogP) is 3.44. The fraction of sp³-hybridized carbons (Fsp3) is 0.391. The molecule has 4 rings (SSSR count). The Labute approximate surface area is 197 Å². The highest BCUT2D eigenvalue weighted by molar-refractivity contribution is 7.99. The molecule has 2 aromatic carbocycles. The first-order valence-corrected chi connectivity index (χ1v) is 13.1. The zero-order valence-electron chi connectivity index (χ0n) is 18.8. The van der Waals surface area contributed by atoms with Gasteiger partial charge in [-0.3, -0.25) is 4.79 Å². The molecular formula is C23H27N3O5S2. The monoisotopic (exact) mass is 489 g/mol. The van der Waals surface area contributed by atoms with Crippen LogP contribution in [0.2, 0.25) is 0 Å². The number of aryl methyl sites for hydroxylation is 2. The molecule has 0 radical (unpaired) electrons. The summed E-state index contributed by atoms with van der Waals surface area (Å²) in [5.74, 6) is 0.00424. The maximum atomic E-state index is 12.9. The Morgan fingerprint density at radius 2 is 1.91 bits per heavy atom. The van der Waals surface area contributed by atoms with Crippen molar-refractivity contribution in [2.75, 3.05) is 32.1 Å². The van der Waals surface area contributed by atoms with E-state index in [0.717, 1.165) is 5.56 Å². The largest absolute Gasteiger partial charge is 0.431 e. The number of hydrogen-bond donors (Lipinski definition) is 1. The Morgan fingerprint density at radius 3 is 2.64 bits per heavy atom. The topological polar surface area (TPSA) is 102 Å². The van der Waals surface area contributed by atoms with Crippen molar-refractivity contribution in [1.82, 2.24) is 14.6 Å². The van der Waals surface area contributed by atoms with Crippen LogP contribution in [0.15, 0.2) is 50.9 Å². The van der Waals surface area contributed by atoms with Gasteiger partial charge in [0.1, 0.15) is 5.52 Å². The van der Waals surface area contributed by atoms with E-state index in [1.807, 2.05) is 26.0 Å². The first-order chi connectivity index (χ1) is 15.7. The van der Waals surface area contributed by atoms with Crippen molar-refractivity contribution in [2.24, 2.45) is 0 Å². The number of carbonyl (C=O) groups is 1. The molecule has 1 aliphatic heterocycles. The van der Waals surface area contributed by atoms with Crippen LogP contribution >= 0.6 is 11.8 Å². The molecule has 1 atom stereocenters. The summed E-state index contributed by atoms with van der Waals surface area (Å²) in [4.78, 5) is 17.0. The maximum absolute atomic E-state index is 12.9. The van der Waals surface area contributed by atoms with Gasteiger partial charge in [0.05, 0.1) is 29.9 Å². The number of nitrogens with one attached hydrogen (secondary N) is 1. The third kappa shape index (κ3) is 5.40. The normalized spacial score (nSPS) is 16.1. The van der Waals surface area contributed by atoms with Gasteiger partial charge in [0, 0.05) is 13.1 Å². The summed E-state index contributed by atoms with van der Waals surface area (Å²) >= 11 is 1.17. The van der Waals surface area contributed by atoms with Gasteiger partial charge in [0.2, 0.25) is 15.9 Å². The molecule has 176 valence electrons. The molecule has 1 saturated heterocycles. The van der Waals surface area contributed by atoms with E-state index in [2.05, 4.69) is 23.3 Å². The Kier molecular flexibility index (Phi) is 7.08. The summed E-state index contributed by atoms with van der Waals surface area (Å²) < 4.78 is 38.1. The van der Waals surface area contributed by atoms with Crippen LogP contribution in [0.25, 0.3) is 11.1 Å². The fourth-order valence-electron chi connectivity index (χ4n) is 3.57. The number of rotatable bonds is 7. The number of sulfonamides is 1. The van der Waals surface area contributed by atoms with Crippen molar-refractivity contribution in [3.05, 3.63) is 53.1 Å². The Balaban J connectivity index is 1.39. The molecule has 0 saturated carbocycles. The second-order valence-corrected chi connectivity index (χ2v) is 10.9. The lowest BCUT2D eigenvalue weighted by molar-refractivity contribution is -0.119. The van der Waals surface area contributed by atoms with Crippen molar-refractivity contribution >= 4 is 38.8 Å². The molecule has 8 nitrogen and oxygen atoms in total. The number of fused-ring (bicyclic) bond motifs is 1. The zero-order chi connectivity index (χ0) is 23.6. The van der Waals surface area contributed by atoms with Gasteiger partial charge in [0.15, 0.2) is 5.58 Å². The van der Waals surface area contributed by atoms with Gasteiger partial charge in [-0.25, -0.2) is 13.4 Å². The highest BCUT2D eigenvalue weighted by Gasteiger charge is 2.27. The molecular weight excluding hydrogens is 462 g/mol. The summed E-state index contributed by atoms with van der Waals surface area (Å²) in [5, 5.41) is 3.31. The smallest absolute Gasteiger partial charge is 0.257 e. The number of ether oxygens (including phenoxy) is 1. The van der Waals surface area contributed by atoms with E-state index in [0.29, 0.717) is 42.6 Å². The summed E-state index contributed by atoms with van der Waals surface area (Å²) in [5.41, 5.74) is 4.36. The summed E-state index contributed by atoms with van der Waals surface area (Å²) in [6.45, 7) is 7.48. The van der Waals surface area contributed by atoms with Crippen LogP contribution in [0, 0.1) is 13.8 Å². The summed E-state index contributed by atoms with van der Waals surface area (Å²) in [6, 6.07) is 10.7. The van der Waals surface area contributed by atoms with E-state index in [9.17, 15) is 13.2 Å². The lowest BCUT2D eigenvalue weighted by Crippen LogP contribution is -2.40. The van der Waals surface area contributed by atoms with Crippen LogP contribution in [-0.2, 0) is 19.6 Å². The molecule has 1 aliphatic rings. The number of nitrogens with zero attached hydrogens (tertiary/aromatic N) is 2. The molecule has 1 fully saturated rings. The molecule has 1 aromatic heterocycles. The summed E-state index contributed by atoms with van der Waals surface area (Å²) in [7, 11) is -3.61. The van der Waals surface area contributed by atoms with Gasteiger partial charge in [0.25, 0.3) is 5.22 Å². The average Bonchev–Trinajstić information content (AvgIpc) is 3.22. The van der Waals surface area contributed by atoms with Crippen LogP contribution in [0.4, 0.5) is 0 Å². The second kappa shape index (κ2) is 9.84. The fourth-order valence-corrected chi connectivity index (χ4v) is 5.65. The quantitative estimate of drug-likeness (QED) is 0.507. The maximum Gasteiger partial charge on any atom is 0.257 e. The van der Waals surface area contributed by atoms with Crippen molar-refractivity contribution in [3.8, 4) is 0 Å². The van der Waals surface area contributed by atoms with Crippen LogP contribution in [-0.4, -0.2) is 55.7 Å². The standard InChI is InChI=1S/C23H27N3O5S2/c1-15-4-5-18(12-16(15)2)17(3)24-22(27)14-32-23-25-20-13-19(6-7-21(20)31-23)33(28,29)26-8-10-30-11-9-26/h4-7,12-13,17H,8-11,14H2,1-3H3,(H,24,27)/t17-/m1/s1. The number of hydrogen-bond acceptors (Lipinski definition) is 7. The highest BCUT2D eigenvalue weighted by atomic mass is 32.2. The molecule has 0 spiro atoms. The van der Waals surface area contributed by atoms with Gasteiger partial charge in [-0.15, -0.1) is 0 Å². The minimum Gasteiger partial charge on any atom is -0.431 e. The van der Waals surface area contributed by atoms with E-state index in [-0.39, 0.29) is 22.6 Å². The number of amides is 1. The van der Waals surface area contributed by atoms with Gasteiger partial charge in [-0.05, 0) is 55.7 Å². The van der Waals surface area contributed by atoms with Crippen molar-refractivity contribution < 1.29 is 22.4 Å².